The third-order valence-corrected chi connectivity index (χ3v) is 101. The molecule has 0 rings (SSSR count). The molecule has 0 saturated carbocycles. The van der Waals surface area contributed by atoms with Crippen LogP contribution < -0.4 is 0 Å². The van der Waals surface area contributed by atoms with Gasteiger partial charge in [0.2, 0.25) is 0 Å². The molecule has 0 saturated heterocycles. The van der Waals surface area contributed by atoms with Crippen molar-refractivity contribution >= 4 is 43.3 Å². The first-order valence-electron chi connectivity index (χ1n) is 5.44. The van der Waals surface area contributed by atoms with Gasteiger partial charge in [-0.3, -0.25) is 0 Å². The van der Waals surface area contributed by atoms with Crippen LogP contribution in [0.25, 0.3) is 0 Å². The maximum absolute atomic E-state index is 4.37. The first-order valence-corrected chi connectivity index (χ1v) is 23.2. The summed E-state index contributed by atoms with van der Waals surface area (Å²) in [5.41, 5.74) is 0. The fourth-order valence-electron chi connectivity index (χ4n) is 3.38. The molecule has 0 fully saturated rings. The summed E-state index contributed by atoms with van der Waals surface area (Å²) >= 11 is 4.37. The Morgan fingerprint density at radius 3 is 0.643 bits per heavy atom. The predicted molar refractivity (Wildman–Crippen MR) is 84.7 cm³/mol. The fourth-order valence-corrected chi connectivity index (χ4v) is 91.1. The van der Waals surface area contributed by atoms with Crippen LogP contribution in [0.5, 0.6) is 0 Å². The molecular weight excluding hydrogens is 300 g/mol. The average molecular weight is 328 g/mol. The fraction of sp³-hybridized carbons (Fsp3) is 1.00. The highest BCUT2D eigenvalue weighted by molar-refractivity contribution is 9.31. The molecule has 0 atom stereocenters. The van der Waals surface area contributed by atoms with E-state index in [1.54, 1.807) is 0 Å². The summed E-state index contributed by atoms with van der Waals surface area (Å²) in [4.78, 5) is 0. The largest absolute Gasteiger partial charge is 0.136 e. The molecule has 0 radical (unpaired) electrons. The van der Waals surface area contributed by atoms with Gasteiger partial charge in [-0.15, -0.1) is 15.3 Å². The Morgan fingerprint density at radius 1 is 0.500 bits per heavy atom. The lowest BCUT2D eigenvalue weighted by Gasteiger charge is -2.53. The van der Waals surface area contributed by atoms with Gasteiger partial charge in [-0.1, -0.05) is 58.9 Å². The number of rotatable bonds is 3. The predicted octanol–water partition coefficient (Wildman–Crippen LogP) is 4.58. The van der Waals surface area contributed by atoms with Crippen LogP contribution in [0.15, 0.2) is 0 Å². The zero-order valence-corrected chi connectivity index (χ0v) is 17.0. The van der Waals surface area contributed by atoms with Gasteiger partial charge in [0.1, 0.15) is 5.25 Å². The van der Waals surface area contributed by atoms with Gasteiger partial charge in [0.25, 0.3) is 0 Å². The summed E-state index contributed by atoms with van der Waals surface area (Å²) < 4.78 is 0. The van der Waals surface area contributed by atoms with E-state index in [9.17, 15) is 0 Å². The van der Waals surface area contributed by atoms with Crippen LogP contribution >= 0.6 is 15.3 Å². The minimum absolute atomic E-state index is 1.00. The van der Waals surface area contributed by atoms with Crippen LogP contribution in [0.1, 0.15) is 0 Å². The summed E-state index contributed by atoms with van der Waals surface area (Å²) in [6, 6.07) is 0. The van der Waals surface area contributed by atoms with Crippen LogP contribution in [0, 0.1) is 0 Å². The van der Waals surface area contributed by atoms with Gasteiger partial charge in [-0.05, 0) is 0 Å². The van der Waals surface area contributed by atoms with Crippen molar-refractivity contribution in [1.82, 2.24) is 0 Å². The van der Waals surface area contributed by atoms with E-state index >= 15 is 0 Å². The molecule has 14 heavy (non-hydrogen) atoms. The van der Waals surface area contributed by atoms with Crippen molar-refractivity contribution in [1.29, 1.82) is 0 Å². The van der Waals surface area contributed by atoms with Crippen LogP contribution in [-0.4, -0.2) is 28.0 Å². The topological polar surface area (TPSA) is 0 Å². The van der Waals surface area contributed by atoms with E-state index in [0.29, 0.717) is 0 Å². The smallest absolute Gasteiger partial charge is 0.107 e. The Bertz CT molecular complexity index is 170. The molecule has 0 aromatic rings. The summed E-state index contributed by atoms with van der Waals surface area (Å²) in [5.74, 6) is 0. The Kier molecular flexibility index (Phi) is 4.36. The molecule has 0 bridgehead atoms. The molecule has 0 nitrogen and oxygen atoms in total. The molecule has 0 aliphatic carbocycles. The van der Waals surface area contributed by atoms with Gasteiger partial charge < -0.3 is 0 Å². The molecule has 5 heteroatoms. The second-order valence-corrected chi connectivity index (χ2v) is 57.1. The van der Waals surface area contributed by atoms with Crippen molar-refractivity contribution in [2.75, 3.05) is 0 Å². The Labute approximate surface area is 102 Å². The molecule has 0 aromatic heterocycles. The number of hydrogen-bond donors (Lipinski definition) is 0. The SMILES string of the molecule is C[Si](C)(C)[Si](Br)([Si](C)(C)C)[Si](C)(C)C. The van der Waals surface area contributed by atoms with Gasteiger partial charge >= 0.3 is 0 Å². The Hall–Kier alpha value is 1.35. The van der Waals surface area contributed by atoms with E-state index in [-0.39, 0.29) is 0 Å². The molecule has 0 spiro atoms. The van der Waals surface area contributed by atoms with Gasteiger partial charge in [0.15, 0.2) is 0 Å². The highest BCUT2D eigenvalue weighted by Gasteiger charge is 2.60. The van der Waals surface area contributed by atoms with Crippen LogP contribution in [0.2, 0.25) is 58.9 Å². The van der Waals surface area contributed by atoms with Crippen molar-refractivity contribution in [3.8, 4) is 0 Å². The monoisotopic (exact) mass is 326 g/mol. The maximum atomic E-state index is 4.37. The quantitative estimate of drug-likeness (QED) is 0.526. The maximum Gasteiger partial charge on any atom is 0.107 e. The van der Waals surface area contributed by atoms with E-state index in [1.165, 1.54) is 0 Å². The zero-order valence-electron chi connectivity index (χ0n) is 11.4. The second-order valence-electron chi connectivity index (χ2n) is 7.41. The lowest BCUT2D eigenvalue weighted by Crippen LogP contribution is -2.79. The van der Waals surface area contributed by atoms with Crippen LogP contribution in [0.4, 0.5) is 0 Å². The van der Waals surface area contributed by atoms with Crippen molar-refractivity contribution < 1.29 is 0 Å². The van der Waals surface area contributed by atoms with Crippen molar-refractivity contribution in [3.05, 3.63) is 0 Å². The van der Waals surface area contributed by atoms with Gasteiger partial charge in [-0.25, -0.2) is 0 Å². The minimum atomic E-state index is -1.12. The summed E-state index contributed by atoms with van der Waals surface area (Å²) in [6.45, 7) is 23.3. The molecule has 0 aliphatic rings. The van der Waals surface area contributed by atoms with Gasteiger partial charge in [0, 0.05) is 22.8 Å². The zero-order chi connectivity index (χ0) is 12.0. The molecule has 0 N–H and O–H groups in total. The standard InChI is InChI=1S/C9H27BrSi4/c1-11(2,3)14(10,12(4,5)6)13(7,8)9/h1-9H3. The van der Waals surface area contributed by atoms with Gasteiger partial charge in [-0.2, -0.15) is 0 Å². The van der Waals surface area contributed by atoms with E-state index in [2.05, 4.69) is 74.2 Å². The highest BCUT2D eigenvalue weighted by atomic mass is 79.9. The Balaban J connectivity index is 5.54. The van der Waals surface area contributed by atoms with E-state index in [1.807, 2.05) is 0 Å². The van der Waals surface area contributed by atoms with E-state index in [0.717, 1.165) is 0 Å². The molecule has 0 aromatic carbocycles. The van der Waals surface area contributed by atoms with E-state index in [4.69, 9.17) is 0 Å². The average Bonchev–Trinajstić information content (AvgIpc) is 1.77. The van der Waals surface area contributed by atoms with E-state index < -0.39 is 28.0 Å². The summed E-state index contributed by atoms with van der Waals surface area (Å²) in [6.07, 6.45) is 0. The third kappa shape index (κ3) is 2.53. The highest BCUT2D eigenvalue weighted by Crippen LogP contribution is 2.41. The van der Waals surface area contributed by atoms with Crippen molar-refractivity contribution in [3.63, 3.8) is 0 Å². The first kappa shape index (κ1) is 15.3. The van der Waals surface area contributed by atoms with Gasteiger partial charge in [0.05, 0.1) is 0 Å². The second kappa shape index (κ2) is 3.98. The van der Waals surface area contributed by atoms with Crippen molar-refractivity contribution in [2.45, 2.75) is 58.9 Å². The summed E-state index contributed by atoms with van der Waals surface area (Å²) in [5, 5.41) is -1.12. The third-order valence-electron chi connectivity index (χ3n) is 3.10. The molecule has 0 aliphatic heterocycles. The lowest BCUT2D eigenvalue weighted by atomic mass is 11.8. The molecular formula is C9H27BrSi4. The normalized spacial score (nSPS) is 15.9. The van der Waals surface area contributed by atoms with Crippen LogP contribution in [0.3, 0.4) is 0 Å². The Morgan fingerprint density at radius 2 is 0.643 bits per heavy atom. The molecule has 86 valence electrons. The summed E-state index contributed by atoms with van der Waals surface area (Å²) in [7, 11) is -3.01. The van der Waals surface area contributed by atoms with Crippen LogP contribution in [-0.2, 0) is 0 Å². The molecule has 0 heterocycles. The minimum Gasteiger partial charge on any atom is -0.136 e. The molecule has 0 unspecified atom stereocenters. The molecule has 0 amide bonds. The number of halogens is 1. The lowest BCUT2D eigenvalue weighted by molar-refractivity contribution is 1.76. The van der Waals surface area contributed by atoms with Crippen molar-refractivity contribution in [2.24, 2.45) is 0 Å². The number of hydrogen-bond acceptors (Lipinski definition) is 0. The first-order chi connectivity index (χ1) is 5.75.